The van der Waals surface area contributed by atoms with Crippen LogP contribution in [0, 0.1) is 0 Å². The molecule has 0 spiro atoms. The first kappa shape index (κ1) is 21.7. The largest absolute Gasteiger partial charge is 0.453 e. The smallest absolute Gasteiger partial charge is 0.173 e. The second-order valence-electron chi connectivity index (χ2n) is 8.74. The molecule has 0 amide bonds. The van der Waals surface area contributed by atoms with Crippen LogP contribution in [0.25, 0.3) is 0 Å². The molecule has 2 heterocycles. The Morgan fingerprint density at radius 2 is 0.943 bits per heavy atom. The van der Waals surface area contributed by atoms with Gasteiger partial charge in [0.05, 0.1) is 25.4 Å². The van der Waals surface area contributed by atoms with Crippen LogP contribution < -0.4 is 14.2 Å². The maximum atomic E-state index is 6.54. The van der Waals surface area contributed by atoms with E-state index < -0.39 is 0 Å². The Morgan fingerprint density at radius 1 is 0.514 bits per heavy atom. The summed E-state index contributed by atoms with van der Waals surface area (Å²) in [5.41, 5.74) is 2.09. The van der Waals surface area contributed by atoms with Gasteiger partial charge in [0.25, 0.3) is 0 Å². The lowest BCUT2D eigenvalue weighted by atomic mass is 10.1. The molecule has 0 aliphatic carbocycles. The third kappa shape index (κ3) is 5.48. The van der Waals surface area contributed by atoms with E-state index in [2.05, 4.69) is 12.1 Å². The van der Waals surface area contributed by atoms with Crippen molar-refractivity contribution in [2.75, 3.05) is 13.2 Å². The molecule has 2 saturated heterocycles. The van der Waals surface area contributed by atoms with Gasteiger partial charge < -0.3 is 23.7 Å². The summed E-state index contributed by atoms with van der Waals surface area (Å²) in [5, 5.41) is 0. The third-order valence-corrected chi connectivity index (χ3v) is 5.97. The normalized spacial score (nSPS) is 18.1. The average molecular weight is 467 g/mol. The van der Waals surface area contributed by atoms with E-state index in [0.717, 1.165) is 48.7 Å². The summed E-state index contributed by atoms with van der Waals surface area (Å²) in [7, 11) is 0. The van der Waals surface area contributed by atoms with Crippen molar-refractivity contribution in [1.82, 2.24) is 0 Å². The lowest BCUT2D eigenvalue weighted by Gasteiger charge is -2.19. The summed E-state index contributed by atoms with van der Waals surface area (Å²) < 4.78 is 30.2. The van der Waals surface area contributed by atoms with Crippen LogP contribution in [-0.4, -0.2) is 25.4 Å². The number of hydrogen-bond donors (Lipinski definition) is 0. The van der Waals surface area contributed by atoms with Gasteiger partial charge in [-0.15, -0.1) is 0 Å². The zero-order valence-corrected chi connectivity index (χ0v) is 19.3. The highest BCUT2D eigenvalue weighted by atomic mass is 16.6. The summed E-state index contributed by atoms with van der Waals surface area (Å²) in [6, 6.07) is 31.5. The minimum atomic E-state index is 0.224. The fourth-order valence-corrected chi connectivity index (χ4v) is 4.03. The molecule has 176 valence electrons. The van der Waals surface area contributed by atoms with Gasteiger partial charge in [-0.1, -0.05) is 60.7 Å². The summed E-state index contributed by atoms with van der Waals surface area (Å²) in [4.78, 5) is 0. The van der Waals surface area contributed by atoms with E-state index >= 15 is 0 Å². The standard InChI is InChI=1S/C30H26O5/c1-3-11-23(12-4-1)33-29-21(17-25-19-31-25)9-7-15-27(29)35-28-16-8-10-22(18-26-20-32-26)30(28)34-24-13-5-2-6-14-24/h1-16,25-26H,17-20H2. The van der Waals surface area contributed by atoms with Crippen molar-refractivity contribution in [2.24, 2.45) is 0 Å². The molecule has 2 aliphatic heterocycles. The van der Waals surface area contributed by atoms with Gasteiger partial charge in [0.1, 0.15) is 11.5 Å². The lowest BCUT2D eigenvalue weighted by Crippen LogP contribution is -2.02. The highest BCUT2D eigenvalue weighted by Gasteiger charge is 2.28. The van der Waals surface area contributed by atoms with Gasteiger partial charge in [0.15, 0.2) is 23.0 Å². The van der Waals surface area contributed by atoms with Crippen LogP contribution in [0.2, 0.25) is 0 Å². The molecular weight excluding hydrogens is 440 g/mol. The molecule has 0 N–H and O–H groups in total. The van der Waals surface area contributed by atoms with Crippen molar-refractivity contribution >= 4 is 0 Å². The predicted molar refractivity (Wildman–Crippen MR) is 133 cm³/mol. The van der Waals surface area contributed by atoms with Gasteiger partial charge >= 0.3 is 0 Å². The van der Waals surface area contributed by atoms with Gasteiger partial charge in [-0.25, -0.2) is 0 Å². The first-order chi connectivity index (χ1) is 17.3. The van der Waals surface area contributed by atoms with Gasteiger partial charge in [-0.3, -0.25) is 0 Å². The molecule has 0 aromatic heterocycles. The zero-order valence-electron chi connectivity index (χ0n) is 19.3. The maximum Gasteiger partial charge on any atom is 0.173 e. The monoisotopic (exact) mass is 466 g/mol. The van der Waals surface area contributed by atoms with Crippen LogP contribution in [0.15, 0.2) is 97.1 Å². The third-order valence-electron chi connectivity index (χ3n) is 5.97. The molecule has 5 nitrogen and oxygen atoms in total. The van der Waals surface area contributed by atoms with Crippen molar-refractivity contribution in [3.63, 3.8) is 0 Å². The Balaban J connectivity index is 1.37. The summed E-state index contributed by atoms with van der Waals surface area (Å²) in [5.74, 6) is 4.14. The molecular formula is C30H26O5. The second-order valence-corrected chi connectivity index (χ2v) is 8.74. The van der Waals surface area contributed by atoms with Gasteiger partial charge in [0, 0.05) is 24.0 Å². The first-order valence-electron chi connectivity index (χ1n) is 11.9. The number of ether oxygens (including phenoxy) is 5. The Labute approximate surface area is 204 Å². The predicted octanol–water partition coefficient (Wildman–Crippen LogP) is 6.95. The Bertz CT molecular complexity index is 1180. The van der Waals surface area contributed by atoms with Crippen molar-refractivity contribution in [1.29, 1.82) is 0 Å². The van der Waals surface area contributed by atoms with Gasteiger partial charge in [0.2, 0.25) is 0 Å². The van der Waals surface area contributed by atoms with Crippen LogP contribution in [0.5, 0.6) is 34.5 Å². The Hall–Kier alpha value is -3.80. The highest BCUT2D eigenvalue weighted by Crippen LogP contribution is 2.44. The molecule has 2 unspecified atom stereocenters. The van der Waals surface area contributed by atoms with Crippen molar-refractivity contribution < 1.29 is 23.7 Å². The van der Waals surface area contributed by atoms with E-state index in [1.807, 2.05) is 84.9 Å². The van der Waals surface area contributed by atoms with Crippen molar-refractivity contribution in [2.45, 2.75) is 25.0 Å². The van der Waals surface area contributed by atoms with E-state index in [4.69, 9.17) is 23.7 Å². The van der Waals surface area contributed by atoms with Crippen LogP contribution in [0.3, 0.4) is 0 Å². The Kier molecular flexibility index (Phi) is 6.09. The molecule has 5 heteroatoms. The summed E-state index contributed by atoms with van der Waals surface area (Å²) >= 11 is 0. The molecule has 35 heavy (non-hydrogen) atoms. The molecule has 4 aromatic carbocycles. The highest BCUT2D eigenvalue weighted by molar-refractivity contribution is 5.55. The van der Waals surface area contributed by atoms with Gasteiger partial charge in [-0.05, 0) is 36.4 Å². The van der Waals surface area contributed by atoms with Crippen LogP contribution >= 0.6 is 0 Å². The van der Waals surface area contributed by atoms with Gasteiger partial charge in [-0.2, -0.15) is 0 Å². The first-order valence-corrected chi connectivity index (χ1v) is 11.9. The Morgan fingerprint density at radius 3 is 1.34 bits per heavy atom. The van der Waals surface area contributed by atoms with E-state index in [-0.39, 0.29) is 12.2 Å². The van der Waals surface area contributed by atoms with E-state index in [0.29, 0.717) is 23.0 Å². The molecule has 2 atom stereocenters. The zero-order chi connectivity index (χ0) is 23.5. The second kappa shape index (κ2) is 9.82. The lowest BCUT2D eigenvalue weighted by molar-refractivity contribution is 0.379. The van der Waals surface area contributed by atoms with E-state index in [9.17, 15) is 0 Å². The van der Waals surface area contributed by atoms with Crippen molar-refractivity contribution in [3.05, 3.63) is 108 Å². The molecule has 6 rings (SSSR count). The SMILES string of the molecule is c1ccc(Oc2c(CC3CO3)cccc2Oc2cccc(CC3CO3)c2Oc2ccccc2)cc1. The van der Waals surface area contributed by atoms with E-state index in [1.165, 1.54) is 0 Å². The molecule has 2 fully saturated rings. The maximum absolute atomic E-state index is 6.54. The molecule has 0 saturated carbocycles. The van der Waals surface area contributed by atoms with Crippen LogP contribution in [0.1, 0.15) is 11.1 Å². The number of para-hydroxylation sites is 4. The average Bonchev–Trinajstić information content (AvgIpc) is 3.82. The summed E-state index contributed by atoms with van der Waals surface area (Å²) in [6.07, 6.45) is 1.99. The number of epoxide rings is 2. The topological polar surface area (TPSA) is 52.8 Å². The van der Waals surface area contributed by atoms with Crippen LogP contribution in [-0.2, 0) is 22.3 Å². The molecule has 4 aromatic rings. The minimum Gasteiger partial charge on any atom is -0.453 e. The number of benzene rings is 4. The fourth-order valence-electron chi connectivity index (χ4n) is 4.03. The molecule has 0 radical (unpaired) electrons. The van der Waals surface area contributed by atoms with Crippen LogP contribution in [0.4, 0.5) is 0 Å². The van der Waals surface area contributed by atoms with E-state index in [1.54, 1.807) is 0 Å². The quantitative estimate of drug-likeness (QED) is 0.237. The number of hydrogen-bond acceptors (Lipinski definition) is 5. The van der Waals surface area contributed by atoms with Crippen molar-refractivity contribution in [3.8, 4) is 34.5 Å². The fraction of sp³-hybridized carbons (Fsp3) is 0.200. The summed E-state index contributed by atoms with van der Waals surface area (Å²) in [6.45, 7) is 1.55. The minimum absolute atomic E-state index is 0.224. The molecule has 0 bridgehead atoms. The molecule has 2 aliphatic rings. The number of rotatable bonds is 10.